The van der Waals surface area contributed by atoms with Crippen LogP contribution in [0.5, 0.6) is 0 Å². The zero-order valence-corrected chi connectivity index (χ0v) is 19.4. The van der Waals surface area contributed by atoms with E-state index in [9.17, 15) is 14.4 Å². The van der Waals surface area contributed by atoms with Crippen molar-refractivity contribution in [2.45, 2.75) is 83.5 Å². The maximum absolute atomic E-state index is 11.9. The summed E-state index contributed by atoms with van der Waals surface area (Å²) in [7, 11) is 0. The van der Waals surface area contributed by atoms with E-state index in [0.29, 0.717) is 23.0 Å². The summed E-state index contributed by atoms with van der Waals surface area (Å²) in [5.41, 5.74) is 1.01. The van der Waals surface area contributed by atoms with Crippen molar-refractivity contribution < 1.29 is 33.3 Å². The van der Waals surface area contributed by atoms with Crippen LogP contribution in [0.3, 0.4) is 0 Å². The van der Waals surface area contributed by atoms with Crippen LogP contribution < -0.4 is 5.32 Å². The van der Waals surface area contributed by atoms with Crippen LogP contribution in [0.15, 0.2) is 12.7 Å². The summed E-state index contributed by atoms with van der Waals surface area (Å²) in [5.74, 6) is -1.07. The molecular formula is C22H29N5O7. The van der Waals surface area contributed by atoms with E-state index in [2.05, 4.69) is 20.3 Å². The van der Waals surface area contributed by atoms with Gasteiger partial charge in [0.1, 0.15) is 19.0 Å². The predicted molar refractivity (Wildman–Crippen MR) is 117 cm³/mol. The fraction of sp³-hybridized carbons (Fsp3) is 0.636. The molecule has 0 spiro atoms. The molecule has 2 aromatic heterocycles. The molecule has 2 fully saturated rings. The van der Waals surface area contributed by atoms with Gasteiger partial charge in [-0.2, -0.15) is 0 Å². The van der Waals surface area contributed by atoms with Crippen LogP contribution in [0.25, 0.3) is 11.2 Å². The molecule has 0 bridgehead atoms. The maximum Gasteiger partial charge on any atom is 0.303 e. The third kappa shape index (κ3) is 5.27. The number of nitrogens with one attached hydrogen (secondary N) is 1. The molecule has 2 aromatic rings. The smallest absolute Gasteiger partial charge is 0.303 e. The van der Waals surface area contributed by atoms with Crippen LogP contribution >= 0.6 is 0 Å². The lowest BCUT2D eigenvalue weighted by atomic mass is 9.95. The average Bonchev–Trinajstić information content (AvgIpc) is 3.35. The molecule has 2 aliphatic rings. The molecule has 34 heavy (non-hydrogen) atoms. The van der Waals surface area contributed by atoms with E-state index in [-0.39, 0.29) is 6.61 Å². The minimum atomic E-state index is -1.01. The molecule has 12 heteroatoms. The number of imidazole rings is 1. The predicted octanol–water partition coefficient (Wildman–Crippen LogP) is 1.89. The fourth-order valence-corrected chi connectivity index (χ4v) is 4.50. The van der Waals surface area contributed by atoms with Gasteiger partial charge in [-0.3, -0.25) is 19.0 Å². The monoisotopic (exact) mass is 475 g/mol. The second kappa shape index (κ2) is 10.3. The van der Waals surface area contributed by atoms with Crippen LogP contribution in [0.1, 0.15) is 59.1 Å². The first-order valence-corrected chi connectivity index (χ1v) is 11.4. The van der Waals surface area contributed by atoms with Gasteiger partial charge in [0.05, 0.1) is 6.33 Å². The first-order chi connectivity index (χ1) is 16.3. The largest absolute Gasteiger partial charge is 0.463 e. The summed E-state index contributed by atoms with van der Waals surface area (Å²) in [6.45, 7) is 3.57. The zero-order valence-electron chi connectivity index (χ0n) is 19.4. The minimum Gasteiger partial charge on any atom is -0.463 e. The number of aromatic nitrogens is 4. The highest BCUT2D eigenvalue weighted by Gasteiger charge is 2.51. The Morgan fingerprint density at radius 1 is 1.00 bits per heavy atom. The van der Waals surface area contributed by atoms with E-state index in [0.717, 1.165) is 12.8 Å². The van der Waals surface area contributed by atoms with Gasteiger partial charge in [0, 0.05) is 26.8 Å². The molecule has 4 rings (SSSR count). The number of hydrogen-bond acceptors (Lipinski definition) is 11. The van der Waals surface area contributed by atoms with E-state index in [1.54, 1.807) is 4.57 Å². The summed E-state index contributed by atoms with van der Waals surface area (Å²) < 4.78 is 23.7. The summed E-state index contributed by atoms with van der Waals surface area (Å²) in [6.07, 6.45) is 4.87. The summed E-state index contributed by atoms with van der Waals surface area (Å²) in [4.78, 5) is 48.3. The molecule has 1 aliphatic heterocycles. The molecule has 1 N–H and O–H groups in total. The minimum absolute atomic E-state index is 0.183. The van der Waals surface area contributed by atoms with Gasteiger partial charge in [-0.25, -0.2) is 15.0 Å². The molecule has 0 amide bonds. The number of nitrogens with zero attached hydrogens (tertiary/aromatic N) is 4. The van der Waals surface area contributed by atoms with Crippen LogP contribution in [-0.2, 0) is 33.3 Å². The van der Waals surface area contributed by atoms with Crippen molar-refractivity contribution in [1.82, 2.24) is 19.5 Å². The van der Waals surface area contributed by atoms with Crippen molar-refractivity contribution in [3.63, 3.8) is 0 Å². The Hall–Kier alpha value is -3.28. The molecule has 1 saturated heterocycles. The molecule has 12 nitrogen and oxygen atoms in total. The Labute approximate surface area is 196 Å². The highest BCUT2D eigenvalue weighted by molar-refractivity contribution is 5.83. The van der Waals surface area contributed by atoms with Crippen molar-refractivity contribution in [3.05, 3.63) is 12.7 Å². The molecule has 2 unspecified atom stereocenters. The second-order valence-corrected chi connectivity index (χ2v) is 8.54. The Balaban J connectivity index is 1.66. The highest BCUT2D eigenvalue weighted by atomic mass is 16.7. The molecular weight excluding hydrogens is 446 g/mol. The van der Waals surface area contributed by atoms with Gasteiger partial charge in [0.25, 0.3) is 0 Å². The van der Waals surface area contributed by atoms with Crippen LogP contribution in [0, 0.1) is 0 Å². The number of ether oxygens (including phenoxy) is 4. The van der Waals surface area contributed by atoms with E-state index in [1.165, 1.54) is 52.7 Å². The first kappa shape index (κ1) is 23.9. The molecule has 1 saturated carbocycles. The van der Waals surface area contributed by atoms with E-state index in [4.69, 9.17) is 18.9 Å². The summed E-state index contributed by atoms with van der Waals surface area (Å²) >= 11 is 0. The molecule has 0 aromatic carbocycles. The zero-order chi connectivity index (χ0) is 24.2. The second-order valence-electron chi connectivity index (χ2n) is 8.54. The van der Waals surface area contributed by atoms with Crippen LogP contribution in [0.4, 0.5) is 5.82 Å². The number of carbonyl (C=O) groups is 3. The Morgan fingerprint density at radius 2 is 1.71 bits per heavy atom. The lowest BCUT2D eigenvalue weighted by Gasteiger charge is -2.24. The fourth-order valence-electron chi connectivity index (χ4n) is 4.50. The molecule has 3 heterocycles. The van der Waals surface area contributed by atoms with E-state index < -0.39 is 42.4 Å². The van der Waals surface area contributed by atoms with Crippen LogP contribution in [-0.4, -0.2) is 68.4 Å². The van der Waals surface area contributed by atoms with Gasteiger partial charge in [-0.15, -0.1) is 0 Å². The number of fused-ring (bicyclic) bond motifs is 1. The quantitative estimate of drug-likeness (QED) is 0.463. The third-order valence-corrected chi connectivity index (χ3v) is 5.92. The van der Waals surface area contributed by atoms with Crippen molar-refractivity contribution in [2.75, 3.05) is 11.9 Å². The SMILES string of the molecule is CC(=O)OC[C@H]1O[C@@H](n2cnc3c(NC4CCCCC4)ncnc32)C(OC(C)=O)C1OC(C)=O. The third-order valence-electron chi connectivity index (χ3n) is 5.92. The van der Waals surface area contributed by atoms with Crippen LogP contribution in [0.2, 0.25) is 0 Å². The van der Waals surface area contributed by atoms with Crippen molar-refractivity contribution in [3.8, 4) is 0 Å². The lowest BCUT2D eigenvalue weighted by molar-refractivity contribution is -0.166. The maximum atomic E-state index is 11.9. The average molecular weight is 476 g/mol. The van der Waals surface area contributed by atoms with Gasteiger partial charge < -0.3 is 24.3 Å². The summed E-state index contributed by atoms with van der Waals surface area (Å²) in [5, 5.41) is 3.47. The highest BCUT2D eigenvalue weighted by Crippen LogP contribution is 2.36. The topological polar surface area (TPSA) is 144 Å². The molecule has 184 valence electrons. The standard InChI is InChI=1S/C22H29N5O7/c1-12(28)31-9-16-18(32-13(2)29)19(33-14(3)30)22(34-16)27-11-25-17-20(23-10-24-21(17)27)26-15-7-5-4-6-8-15/h10-11,15-16,18-19,22H,4-9H2,1-3H3,(H,23,24,26)/t16-,18?,19?,22-/m1/s1. The molecule has 1 aliphatic carbocycles. The normalized spacial score (nSPS) is 25.1. The Morgan fingerprint density at radius 3 is 2.38 bits per heavy atom. The lowest BCUT2D eigenvalue weighted by Crippen LogP contribution is -2.40. The number of carbonyl (C=O) groups excluding carboxylic acids is 3. The van der Waals surface area contributed by atoms with Crippen molar-refractivity contribution >= 4 is 34.9 Å². The van der Waals surface area contributed by atoms with Gasteiger partial charge in [0.2, 0.25) is 0 Å². The van der Waals surface area contributed by atoms with E-state index >= 15 is 0 Å². The molecule has 4 atom stereocenters. The number of anilines is 1. The van der Waals surface area contributed by atoms with E-state index in [1.807, 2.05) is 0 Å². The van der Waals surface area contributed by atoms with Gasteiger partial charge in [0.15, 0.2) is 35.4 Å². The Bertz CT molecular complexity index is 1050. The van der Waals surface area contributed by atoms with Crippen molar-refractivity contribution in [2.24, 2.45) is 0 Å². The van der Waals surface area contributed by atoms with Gasteiger partial charge in [-0.05, 0) is 12.8 Å². The van der Waals surface area contributed by atoms with Gasteiger partial charge in [-0.1, -0.05) is 19.3 Å². The molecule has 0 radical (unpaired) electrons. The number of rotatable bonds is 7. The Kier molecular flexibility index (Phi) is 7.25. The van der Waals surface area contributed by atoms with Crippen molar-refractivity contribution in [1.29, 1.82) is 0 Å². The first-order valence-electron chi connectivity index (χ1n) is 11.4. The number of esters is 3. The number of hydrogen-bond donors (Lipinski definition) is 1. The van der Waals surface area contributed by atoms with Gasteiger partial charge >= 0.3 is 17.9 Å². The summed E-state index contributed by atoms with van der Waals surface area (Å²) in [6, 6.07) is 0.315.